The predicted octanol–water partition coefficient (Wildman–Crippen LogP) is 5.36. The van der Waals surface area contributed by atoms with Gasteiger partial charge in [-0.1, -0.05) is 12.0 Å². The van der Waals surface area contributed by atoms with Gasteiger partial charge in [0.15, 0.2) is 0 Å². The summed E-state index contributed by atoms with van der Waals surface area (Å²) in [6.07, 6.45) is 4.78. The van der Waals surface area contributed by atoms with Crippen molar-refractivity contribution < 1.29 is 4.74 Å². The summed E-state index contributed by atoms with van der Waals surface area (Å²) in [6, 6.07) is 18.6. The first-order valence-electron chi connectivity index (χ1n) is 11.2. The van der Waals surface area contributed by atoms with Gasteiger partial charge in [0.25, 0.3) is 0 Å². The lowest BCUT2D eigenvalue weighted by Crippen LogP contribution is -2.16. The fraction of sp³-hybridized carbons (Fsp3) is 0.370. The van der Waals surface area contributed by atoms with E-state index in [4.69, 9.17) is 10.00 Å². The van der Waals surface area contributed by atoms with E-state index in [-0.39, 0.29) is 0 Å². The van der Waals surface area contributed by atoms with Crippen molar-refractivity contribution in [1.29, 1.82) is 5.26 Å². The number of hydrogen-bond acceptors (Lipinski definition) is 3. The Balaban J connectivity index is 1.42. The van der Waals surface area contributed by atoms with E-state index >= 15 is 0 Å². The molecule has 1 N–H and O–H groups in total. The van der Waals surface area contributed by atoms with Gasteiger partial charge in [0.1, 0.15) is 0 Å². The molecule has 0 atom stereocenters. The van der Waals surface area contributed by atoms with E-state index in [0.29, 0.717) is 12.1 Å². The third kappa shape index (κ3) is 5.29. The minimum atomic E-state index is 0.563. The fourth-order valence-corrected chi connectivity index (χ4v) is 4.27. The van der Waals surface area contributed by atoms with Crippen LogP contribution in [0.15, 0.2) is 48.5 Å². The van der Waals surface area contributed by atoms with E-state index in [2.05, 4.69) is 59.0 Å². The summed E-state index contributed by atoms with van der Waals surface area (Å²) >= 11 is 0. The minimum Gasteiger partial charge on any atom is -0.381 e. The monoisotopic (exact) mass is 411 g/mol. The molecule has 0 bridgehead atoms. The van der Waals surface area contributed by atoms with Gasteiger partial charge in [0.05, 0.1) is 23.9 Å². The number of anilines is 1. The van der Waals surface area contributed by atoms with Gasteiger partial charge in [-0.05, 0) is 92.5 Å². The summed E-state index contributed by atoms with van der Waals surface area (Å²) in [5.41, 5.74) is 5.35. The molecule has 0 spiro atoms. The van der Waals surface area contributed by atoms with Crippen molar-refractivity contribution in [3.05, 3.63) is 65.4 Å². The second-order valence-corrected chi connectivity index (χ2v) is 8.11. The van der Waals surface area contributed by atoms with Crippen molar-refractivity contribution in [2.45, 2.75) is 39.2 Å². The molecular weight excluding hydrogens is 382 g/mol. The molecule has 0 unspecified atom stereocenters. The Morgan fingerprint density at radius 3 is 2.65 bits per heavy atom. The Labute approximate surface area is 184 Å². The molecule has 0 radical (unpaired) electrons. The summed E-state index contributed by atoms with van der Waals surface area (Å²) < 4.78 is 7.76. The largest absolute Gasteiger partial charge is 0.381 e. The molecule has 4 heteroatoms. The number of hydrogen-bond donors (Lipinski definition) is 1. The van der Waals surface area contributed by atoms with Crippen molar-refractivity contribution in [3.63, 3.8) is 0 Å². The molecule has 2 heterocycles. The third-order valence-electron chi connectivity index (χ3n) is 6.08. The number of fused-ring (bicyclic) bond motifs is 1. The molecule has 2 aromatic carbocycles. The third-order valence-corrected chi connectivity index (χ3v) is 6.08. The van der Waals surface area contributed by atoms with Crippen molar-refractivity contribution in [2.75, 3.05) is 25.1 Å². The summed E-state index contributed by atoms with van der Waals surface area (Å²) in [7, 11) is 0. The van der Waals surface area contributed by atoms with E-state index in [9.17, 15) is 0 Å². The van der Waals surface area contributed by atoms with Crippen molar-refractivity contribution in [2.24, 2.45) is 5.92 Å². The molecule has 0 amide bonds. The molecule has 1 aromatic heterocycles. The molecule has 0 aliphatic carbocycles. The average molecular weight is 412 g/mol. The van der Waals surface area contributed by atoms with E-state index in [1.54, 1.807) is 0 Å². The lowest BCUT2D eigenvalue weighted by atomic mass is 9.92. The Morgan fingerprint density at radius 1 is 1.10 bits per heavy atom. The number of rotatable bonds is 6. The van der Waals surface area contributed by atoms with Crippen LogP contribution in [0.25, 0.3) is 10.9 Å². The standard InChI is InChI=1S/C27H29N3O/c1-2-30-26(4-3-15-29-25-10-7-23(20-28)8-11-25)19-24-18-22(9-12-27(24)30)6-5-21-13-16-31-17-14-21/h7-12,18-19,21,29H,2,5-6,13-17H2,1H3. The van der Waals surface area contributed by atoms with Gasteiger partial charge in [-0.25, -0.2) is 0 Å². The highest BCUT2D eigenvalue weighted by Gasteiger charge is 2.14. The molecule has 4 nitrogen and oxygen atoms in total. The minimum absolute atomic E-state index is 0.563. The number of aromatic nitrogens is 1. The number of nitrogens with one attached hydrogen (secondary N) is 1. The van der Waals surface area contributed by atoms with Gasteiger partial charge in [-0.3, -0.25) is 0 Å². The normalized spacial score (nSPS) is 14.1. The van der Waals surface area contributed by atoms with Gasteiger partial charge in [0, 0.05) is 36.3 Å². The molecule has 1 aliphatic heterocycles. The Hall–Kier alpha value is -3.21. The molecule has 31 heavy (non-hydrogen) atoms. The van der Waals surface area contributed by atoms with Crippen LogP contribution in [-0.4, -0.2) is 24.3 Å². The van der Waals surface area contributed by atoms with Gasteiger partial charge < -0.3 is 14.6 Å². The summed E-state index contributed by atoms with van der Waals surface area (Å²) in [5, 5.41) is 13.5. The Morgan fingerprint density at radius 2 is 1.90 bits per heavy atom. The first-order valence-corrected chi connectivity index (χ1v) is 11.2. The summed E-state index contributed by atoms with van der Waals surface area (Å²) in [5.74, 6) is 7.37. The maximum Gasteiger partial charge on any atom is 0.0991 e. The molecular formula is C27H29N3O. The number of aryl methyl sites for hydroxylation is 2. The maximum absolute atomic E-state index is 8.88. The Kier molecular flexibility index (Phi) is 6.92. The van der Waals surface area contributed by atoms with Gasteiger partial charge in [-0.15, -0.1) is 0 Å². The quantitative estimate of drug-likeness (QED) is 0.556. The van der Waals surface area contributed by atoms with Crippen LogP contribution in [-0.2, 0) is 17.7 Å². The molecule has 4 rings (SSSR count). The highest BCUT2D eigenvalue weighted by atomic mass is 16.5. The highest BCUT2D eigenvalue weighted by Crippen LogP contribution is 2.25. The zero-order valence-corrected chi connectivity index (χ0v) is 18.2. The van der Waals surface area contributed by atoms with E-state index in [0.717, 1.165) is 43.5 Å². The first kappa shape index (κ1) is 21.0. The van der Waals surface area contributed by atoms with Crippen LogP contribution in [0.3, 0.4) is 0 Å². The van der Waals surface area contributed by atoms with Crippen molar-refractivity contribution in [3.8, 4) is 17.9 Å². The van der Waals surface area contributed by atoms with E-state index in [1.807, 2.05) is 24.3 Å². The number of benzene rings is 2. The zero-order chi connectivity index (χ0) is 21.5. The lowest BCUT2D eigenvalue weighted by Gasteiger charge is -2.21. The molecule has 3 aromatic rings. The maximum atomic E-state index is 8.88. The van der Waals surface area contributed by atoms with Gasteiger partial charge >= 0.3 is 0 Å². The lowest BCUT2D eigenvalue weighted by molar-refractivity contribution is 0.0640. The van der Waals surface area contributed by atoms with Crippen molar-refractivity contribution in [1.82, 2.24) is 4.57 Å². The van der Waals surface area contributed by atoms with E-state index < -0.39 is 0 Å². The van der Waals surface area contributed by atoms with Crippen LogP contribution in [0, 0.1) is 29.1 Å². The van der Waals surface area contributed by atoms with Crippen LogP contribution >= 0.6 is 0 Å². The number of nitrogens with zero attached hydrogens (tertiary/aromatic N) is 2. The first-order chi connectivity index (χ1) is 15.3. The Bertz CT molecular complexity index is 1120. The summed E-state index contributed by atoms with van der Waals surface area (Å²) in [4.78, 5) is 0. The number of ether oxygens (including phenoxy) is 1. The van der Waals surface area contributed by atoms with Gasteiger partial charge in [-0.2, -0.15) is 5.26 Å². The second-order valence-electron chi connectivity index (χ2n) is 8.11. The zero-order valence-electron chi connectivity index (χ0n) is 18.2. The average Bonchev–Trinajstić information content (AvgIpc) is 3.18. The smallest absolute Gasteiger partial charge is 0.0991 e. The fourth-order valence-electron chi connectivity index (χ4n) is 4.27. The summed E-state index contributed by atoms with van der Waals surface area (Å²) in [6.45, 7) is 5.47. The molecule has 1 fully saturated rings. The predicted molar refractivity (Wildman–Crippen MR) is 126 cm³/mol. The topological polar surface area (TPSA) is 50.0 Å². The van der Waals surface area contributed by atoms with Crippen LogP contribution < -0.4 is 5.32 Å². The molecule has 0 saturated carbocycles. The number of nitriles is 1. The SMILES string of the molecule is CCn1c(C#CCNc2ccc(C#N)cc2)cc2cc(CCC3CCOCC3)ccc21. The molecule has 1 saturated heterocycles. The van der Waals surface area contributed by atoms with Crippen LogP contribution in [0.4, 0.5) is 5.69 Å². The van der Waals surface area contributed by atoms with Crippen molar-refractivity contribution >= 4 is 16.6 Å². The molecule has 1 aliphatic rings. The molecule has 158 valence electrons. The van der Waals surface area contributed by atoms with Crippen LogP contribution in [0.1, 0.15) is 43.0 Å². The van der Waals surface area contributed by atoms with Gasteiger partial charge in [0.2, 0.25) is 0 Å². The second kappa shape index (κ2) is 10.2. The van der Waals surface area contributed by atoms with Crippen LogP contribution in [0.5, 0.6) is 0 Å². The van der Waals surface area contributed by atoms with E-state index in [1.165, 1.54) is 35.7 Å². The highest BCUT2D eigenvalue weighted by molar-refractivity contribution is 5.83. The van der Waals surface area contributed by atoms with Crippen LogP contribution in [0.2, 0.25) is 0 Å².